The first-order valence-electron chi connectivity index (χ1n) is 8.63. The fourth-order valence-electron chi connectivity index (χ4n) is 2.43. The summed E-state index contributed by atoms with van der Waals surface area (Å²) in [6.45, 7) is 1.60. The van der Waals surface area contributed by atoms with Crippen molar-refractivity contribution in [2.24, 2.45) is 0 Å². The number of amides is 1. The third-order valence-electron chi connectivity index (χ3n) is 4.11. The van der Waals surface area contributed by atoms with Crippen molar-refractivity contribution < 1.29 is 27.8 Å². The summed E-state index contributed by atoms with van der Waals surface area (Å²) in [6.07, 6.45) is -3.06. The van der Waals surface area contributed by atoms with Crippen LogP contribution in [0.15, 0.2) is 54.6 Å². The molecule has 7 heteroatoms. The molecular formula is C20H22F3NO3. The zero-order valence-corrected chi connectivity index (χ0v) is 14.9. The zero-order valence-electron chi connectivity index (χ0n) is 14.9. The maximum atomic E-state index is 13.4. The van der Waals surface area contributed by atoms with Gasteiger partial charge in [-0.25, -0.2) is 0 Å². The van der Waals surface area contributed by atoms with Gasteiger partial charge >= 0.3 is 6.18 Å². The van der Waals surface area contributed by atoms with E-state index >= 15 is 0 Å². The number of nitrogens with one attached hydrogen (secondary N) is 1. The van der Waals surface area contributed by atoms with Gasteiger partial charge in [0.05, 0.1) is 13.2 Å². The number of carbonyl (C=O) groups is 1. The predicted molar refractivity (Wildman–Crippen MR) is 95.6 cm³/mol. The monoisotopic (exact) mass is 381 g/mol. The molecule has 0 aromatic heterocycles. The van der Waals surface area contributed by atoms with Crippen molar-refractivity contribution in [1.29, 1.82) is 0 Å². The number of benzene rings is 2. The summed E-state index contributed by atoms with van der Waals surface area (Å²) in [5.41, 5.74) is -3.33. The van der Waals surface area contributed by atoms with Crippen LogP contribution in [0.2, 0.25) is 0 Å². The molecule has 0 aliphatic rings. The Morgan fingerprint density at radius 3 is 2.26 bits per heavy atom. The highest BCUT2D eigenvalue weighted by molar-refractivity contribution is 5.94. The Bertz CT molecular complexity index is 732. The first-order chi connectivity index (χ1) is 12.8. The van der Waals surface area contributed by atoms with Crippen molar-refractivity contribution in [3.63, 3.8) is 0 Å². The maximum Gasteiger partial charge on any atom is 0.423 e. The summed E-state index contributed by atoms with van der Waals surface area (Å²) in [6, 6.07) is 12.8. The molecule has 0 aliphatic heterocycles. The summed E-state index contributed by atoms with van der Waals surface area (Å²) in [7, 11) is 0. The molecule has 0 radical (unpaired) electrons. The van der Waals surface area contributed by atoms with Crippen LogP contribution < -0.4 is 10.1 Å². The molecule has 0 bridgehead atoms. The molecule has 4 nitrogen and oxygen atoms in total. The molecule has 1 amide bonds. The Morgan fingerprint density at radius 1 is 1.07 bits per heavy atom. The molecule has 27 heavy (non-hydrogen) atoms. The number of halogens is 3. The van der Waals surface area contributed by atoms with Crippen LogP contribution in [0.5, 0.6) is 5.75 Å². The molecule has 0 saturated heterocycles. The van der Waals surface area contributed by atoms with Crippen molar-refractivity contribution in [3.05, 3.63) is 65.7 Å². The first kappa shape index (κ1) is 20.8. The second kappa shape index (κ2) is 8.90. The van der Waals surface area contributed by atoms with Crippen molar-refractivity contribution in [1.82, 2.24) is 5.32 Å². The third kappa shape index (κ3) is 5.23. The number of carbonyl (C=O) groups excluding carboxylic acids is 1. The Morgan fingerprint density at radius 2 is 1.70 bits per heavy atom. The minimum atomic E-state index is -4.95. The van der Waals surface area contributed by atoms with Gasteiger partial charge in [-0.3, -0.25) is 4.79 Å². The van der Waals surface area contributed by atoms with Crippen LogP contribution in [0.25, 0.3) is 0 Å². The van der Waals surface area contributed by atoms with Gasteiger partial charge in [0, 0.05) is 5.56 Å². The number of aliphatic hydroxyl groups is 1. The minimum absolute atomic E-state index is 0.176. The summed E-state index contributed by atoms with van der Waals surface area (Å²) in [5.74, 6) is -0.134. The van der Waals surface area contributed by atoms with Crippen molar-refractivity contribution >= 4 is 5.91 Å². The van der Waals surface area contributed by atoms with Crippen LogP contribution in [-0.4, -0.2) is 30.3 Å². The second-order valence-electron chi connectivity index (χ2n) is 6.13. The summed E-state index contributed by atoms with van der Waals surface area (Å²) >= 11 is 0. The molecule has 2 aromatic rings. The van der Waals surface area contributed by atoms with E-state index in [2.05, 4.69) is 5.32 Å². The smallest absolute Gasteiger partial charge is 0.423 e. The van der Waals surface area contributed by atoms with Crippen LogP contribution >= 0.6 is 0 Å². The lowest BCUT2D eigenvalue weighted by atomic mass is 9.93. The molecule has 146 valence electrons. The Balaban J connectivity index is 2.06. The number of hydrogen-bond acceptors (Lipinski definition) is 3. The lowest BCUT2D eigenvalue weighted by molar-refractivity contribution is -0.263. The van der Waals surface area contributed by atoms with Gasteiger partial charge in [0.2, 0.25) is 5.60 Å². The van der Waals surface area contributed by atoms with Gasteiger partial charge in [0.1, 0.15) is 5.75 Å². The molecule has 2 N–H and O–H groups in total. The minimum Gasteiger partial charge on any atom is -0.494 e. The van der Waals surface area contributed by atoms with E-state index in [1.165, 1.54) is 36.4 Å². The third-order valence-corrected chi connectivity index (χ3v) is 4.11. The van der Waals surface area contributed by atoms with Crippen molar-refractivity contribution in [3.8, 4) is 5.75 Å². The van der Waals surface area contributed by atoms with E-state index in [4.69, 9.17) is 4.74 Å². The number of rotatable bonds is 8. The Labute approximate surface area is 156 Å². The van der Waals surface area contributed by atoms with Crippen LogP contribution in [0, 0.1) is 0 Å². The van der Waals surface area contributed by atoms with E-state index in [-0.39, 0.29) is 11.1 Å². The van der Waals surface area contributed by atoms with E-state index in [1.54, 1.807) is 18.2 Å². The maximum absolute atomic E-state index is 13.4. The van der Waals surface area contributed by atoms with Gasteiger partial charge in [-0.15, -0.1) is 0 Å². The number of hydrogen-bond donors (Lipinski definition) is 2. The first-order valence-corrected chi connectivity index (χ1v) is 8.63. The molecule has 0 fully saturated rings. The largest absolute Gasteiger partial charge is 0.494 e. The number of alkyl halides is 3. The molecule has 1 unspecified atom stereocenters. The summed E-state index contributed by atoms with van der Waals surface area (Å²) < 4.78 is 45.8. The zero-order chi connectivity index (χ0) is 19.9. The SMILES string of the molecule is CCCCOc1ccc(C(=O)NCC(O)(c2ccccc2)C(F)(F)F)cc1. The van der Waals surface area contributed by atoms with Crippen molar-refractivity contribution in [2.75, 3.05) is 13.2 Å². The van der Waals surface area contributed by atoms with Crippen molar-refractivity contribution in [2.45, 2.75) is 31.5 Å². The van der Waals surface area contributed by atoms with E-state index in [0.717, 1.165) is 12.8 Å². The fourth-order valence-corrected chi connectivity index (χ4v) is 2.43. The molecular weight excluding hydrogens is 359 g/mol. The predicted octanol–water partition coefficient (Wildman–Crippen LogP) is 4.05. The molecule has 0 aliphatic carbocycles. The average molecular weight is 381 g/mol. The van der Waals surface area contributed by atoms with Gasteiger partial charge in [-0.05, 0) is 36.2 Å². The lowest BCUT2D eigenvalue weighted by Crippen LogP contribution is -2.51. The van der Waals surface area contributed by atoms with Gasteiger partial charge in [0.25, 0.3) is 5.91 Å². The van der Waals surface area contributed by atoms with E-state index in [9.17, 15) is 23.1 Å². The number of ether oxygens (including phenoxy) is 1. The quantitative estimate of drug-likeness (QED) is 0.679. The van der Waals surface area contributed by atoms with Crippen LogP contribution in [0.3, 0.4) is 0 Å². The van der Waals surface area contributed by atoms with Gasteiger partial charge in [0.15, 0.2) is 0 Å². The highest BCUT2D eigenvalue weighted by Crippen LogP contribution is 2.38. The summed E-state index contributed by atoms with van der Waals surface area (Å²) in [4.78, 5) is 12.2. The molecule has 0 heterocycles. The van der Waals surface area contributed by atoms with Gasteiger partial charge < -0.3 is 15.2 Å². The van der Waals surface area contributed by atoms with Crippen LogP contribution in [0.4, 0.5) is 13.2 Å². The van der Waals surface area contributed by atoms with E-state index in [1.807, 2.05) is 6.92 Å². The molecule has 2 rings (SSSR count). The standard InChI is InChI=1S/C20H22F3NO3/c1-2-3-13-27-17-11-9-15(10-12-17)18(25)24-14-19(26,20(21,22)23)16-7-5-4-6-8-16/h4-12,26H,2-3,13-14H2,1H3,(H,24,25). The van der Waals surface area contributed by atoms with Crippen LogP contribution in [-0.2, 0) is 5.60 Å². The van der Waals surface area contributed by atoms with Gasteiger partial charge in [-0.2, -0.15) is 13.2 Å². The summed E-state index contributed by atoms with van der Waals surface area (Å²) in [5, 5.41) is 12.4. The fraction of sp³-hybridized carbons (Fsp3) is 0.350. The van der Waals surface area contributed by atoms with E-state index in [0.29, 0.717) is 12.4 Å². The second-order valence-corrected chi connectivity index (χ2v) is 6.13. The molecule has 1 atom stereocenters. The van der Waals surface area contributed by atoms with Crippen LogP contribution in [0.1, 0.15) is 35.7 Å². The highest BCUT2D eigenvalue weighted by Gasteiger charge is 2.55. The Hall–Kier alpha value is -2.54. The number of unbranched alkanes of at least 4 members (excludes halogenated alkanes) is 1. The highest BCUT2D eigenvalue weighted by atomic mass is 19.4. The Kier molecular flexibility index (Phi) is 6.85. The average Bonchev–Trinajstić information content (AvgIpc) is 2.66. The van der Waals surface area contributed by atoms with E-state index < -0.39 is 24.2 Å². The molecule has 2 aromatic carbocycles. The normalized spacial score (nSPS) is 13.7. The van der Waals surface area contributed by atoms with Gasteiger partial charge in [-0.1, -0.05) is 43.7 Å². The molecule has 0 saturated carbocycles. The molecule has 0 spiro atoms. The lowest BCUT2D eigenvalue weighted by Gasteiger charge is -2.31. The topological polar surface area (TPSA) is 58.6 Å².